The zero-order valence-corrected chi connectivity index (χ0v) is 13.8. The van der Waals surface area contributed by atoms with Gasteiger partial charge in [0.05, 0.1) is 13.1 Å². The van der Waals surface area contributed by atoms with Crippen LogP contribution in [0.4, 0.5) is 0 Å². The highest BCUT2D eigenvalue weighted by molar-refractivity contribution is 5.85. The predicted octanol–water partition coefficient (Wildman–Crippen LogP) is 0.0286. The van der Waals surface area contributed by atoms with E-state index in [1.165, 1.54) is 12.8 Å². The van der Waals surface area contributed by atoms with Crippen LogP contribution in [0.25, 0.3) is 0 Å². The second-order valence-corrected chi connectivity index (χ2v) is 6.19. The Kier molecular flexibility index (Phi) is 7.11. The van der Waals surface area contributed by atoms with Crippen molar-refractivity contribution >= 4 is 11.8 Å². The van der Waals surface area contributed by atoms with Crippen LogP contribution in [0.1, 0.15) is 33.6 Å². The van der Waals surface area contributed by atoms with Gasteiger partial charge in [-0.2, -0.15) is 0 Å². The molecule has 0 aromatic carbocycles. The van der Waals surface area contributed by atoms with E-state index < -0.39 is 0 Å². The Hall–Kier alpha value is -1.14. The first-order chi connectivity index (χ1) is 9.88. The normalized spacial score (nSPS) is 16.1. The summed E-state index contributed by atoms with van der Waals surface area (Å²) >= 11 is 0. The van der Waals surface area contributed by atoms with Crippen molar-refractivity contribution in [1.29, 1.82) is 0 Å². The molecule has 0 aromatic heterocycles. The summed E-state index contributed by atoms with van der Waals surface area (Å²) in [5, 5.41) is 2.81. The van der Waals surface area contributed by atoms with Crippen molar-refractivity contribution in [2.75, 3.05) is 33.2 Å². The Morgan fingerprint density at radius 3 is 2.33 bits per heavy atom. The van der Waals surface area contributed by atoms with Gasteiger partial charge in [-0.1, -0.05) is 0 Å². The first-order valence-electron chi connectivity index (χ1n) is 7.86. The van der Waals surface area contributed by atoms with Gasteiger partial charge < -0.3 is 16.0 Å². The van der Waals surface area contributed by atoms with Gasteiger partial charge in [0.2, 0.25) is 11.8 Å². The van der Waals surface area contributed by atoms with Gasteiger partial charge in [-0.25, -0.2) is 0 Å². The molecule has 6 nitrogen and oxygen atoms in total. The smallest absolute Gasteiger partial charge is 0.239 e. The minimum atomic E-state index is -0.111. The van der Waals surface area contributed by atoms with E-state index in [0.29, 0.717) is 25.6 Å². The second kappa shape index (κ2) is 8.34. The summed E-state index contributed by atoms with van der Waals surface area (Å²) in [6.45, 7) is 7.26. The van der Waals surface area contributed by atoms with Gasteiger partial charge in [-0.15, -0.1) is 0 Å². The van der Waals surface area contributed by atoms with Gasteiger partial charge in [0, 0.05) is 25.2 Å². The van der Waals surface area contributed by atoms with Crippen molar-refractivity contribution in [3.63, 3.8) is 0 Å². The summed E-state index contributed by atoms with van der Waals surface area (Å²) in [4.78, 5) is 27.7. The molecular weight excluding hydrogens is 268 g/mol. The zero-order chi connectivity index (χ0) is 16.0. The van der Waals surface area contributed by atoms with Gasteiger partial charge in [0.15, 0.2) is 0 Å². The maximum absolute atomic E-state index is 12.3. The predicted molar refractivity (Wildman–Crippen MR) is 83.7 cm³/mol. The average Bonchev–Trinajstić information content (AvgIpc) is 3.20. The lowest BCUT2D eigenvalue weighted by atomic mass is 10.1. The molecule has 0 aromatic rings. The van der Waals surface area contributed by atoms with Crippen molar-refractivity contribution in [3.05, 3.63) is 0 Å². The molecule has 0 radical (unpaired) electrons. The molecule has 1 rings (SSSR count). The number of nitrogens with zero attached hydrogens (tertiary/aromatic N) is 2. The monoisotopic (exact) mass is 298 g/mol. The lowest BCUT2D eigenvalue weighted by molar-refractivity contribution is -0.137. The number of hydrogen-bond acceptors (Lipinski definition) is 4. The van der Waals surface area contributed by atoms with Crippen molar-refractivity contribution in [1.82, 2.24) is 15.1 Å². The maximum atomic E-state index is 12.3. The fourth-order valence-electron chi connectivity index (χ4n) is 2.56. The van der Waals surface area contributed by atoms with E-state index >= 15 is 0 Å². The molecule has 1 aliphatic rings. The van der Waals surface area contributed by atoms with Crippen LogP contribution in [0, 0.1) is 5.92 Å². The molecule has 0 aliphatic heterocycles. The third-order valence-corrected chi connectivity index (χ3v) is 3.88. The maximum Gasteiger partial charge on any atom is 0.239 e. The Balaban J connectivity index is 2.48. The van der Waals surface area contributed by atoms with Gasteiger partial charge in [-0.3, -0.25) is 14.5 Å². The molecule has 0 saturated heterocycles. The van der Waals surface area contributed by atoms with Crippen molar-refractivity contribution in [3.8, 4) is 0 Å². The van der Waals surface area contributed by atoms with E-state index in [0.717, 1.165) is 0 Å². The zero-order valence-electron chi connectivity index (χ0n) is 13.8. The third-order valence-electron chi connectivity index (χ3n) is 3.88. The van der Waals surface area contributed by atoms with E-state index in [2.05, 4.69) is 5.32 Å². The van der Waals surface area contributed by atoms with Crippen LogP contribution < -0.4 is 11.1 Å². The fourth-order valence-corrected chi connectivity index (χ4v) is 2.56. The summed E-state index contributed by atoms with van der Waals surface area (Å²) in [7, 11) is 1.94. The highest BCUT2D eigenvalue weighted by Crippen LogP contribution is 2.34. The summed E-state index contributed by atoms with van der Waals surface area (Å²) < 4.78 is 0. The van der Waals surface area contributed by atoms with Gasteiger partial charge in [-0.05, 0) is 46.6 Å². The molecule has 1 aliphatic carbocycles. The Morgan fingerprint density at radius 1 is 1.29 bits per heavy atom. The Morgan fingerprint density at radius 2 is 1.90 bits per heavy atom. The van der Waals surface area contributed by atoms with Gasteiger partial charge in [0.25, 0.3) is 0 Å². The van der Waals surface area contributed by atoms with Crippen LogP contribution in [0.5, 0.6) is 0 Å². The first-order valence-corrected chi connectivity index (χ1v) is 7.86. The van der Waals surface area contributed by atoms with E-state index in [4.69, 9.17) is 5.73 Å². The summed E-state index contributed by atoms with van der Waals surface area (Å²) in [6, 6.07) is 0.364. The van der Waals surface area contributed by atoms with Crippen molar-refractivity contribution < 1.29 is 9.59 Å². The Labute approximate surface area is 128 Å². The minimum Gasteiger partial charge on any atom is -0.352 e. The van der Waals surface area contributed by atoms with E-state index in [1.807, 2.05) is 32.7 Å². The van der Waals surface area contributed by atoms with Crippen LogP contribution in [0.2, 0.25) is 0 Å². The van der Waals surface area contributed by atoms with Crippen LogP contribution in [-0.4, -0.2) is 66.9 Å². The highest BCUT2D eigenvalue weighted by atomic mass is 16.2. The summed E-state index contributed by atoms with van der Waals surface area (Å²) in [5.41, 5.74) is 5.80. The van der Waals surface area contributed by atoms with Crippen molar-refractivity contribution in [2.24, 2.45) is 11.7 Å². The van der Waals surface area contributed by atoms with Gasteiger partial charge >= 0.3 is 0 Å². The number of likely N-dealkylation sites (N-methyl/N-ethyl adjacent to an activating group) is 2. The second-order valence-electron chi connectivity index (χ2n) is 6.19. The molecule has 1 saturated carbocycles. The molecule has 0 heterocycles. The van der Waals surface area contributed by atoms with Gasteiger partial charge in [0.1, 0.15) is 0 Å². The molecule has 2 amide bonds. The van der Waals surface area contributed by atoms with E-state index in [-0.39, 0.29) is 30.4 Å². The van der Waals surface area contributed by atoms with Crippen LogP contribution in [-0.2, 0) is 9.59 Å². The standard InChI is InChI=1S/C15H30N4O2/c1-5-19(9-14(20)17-11(2)3)15(21)10-18(4)13(8-16)12-6-7-12/h11-13H,5-10,16H2,1-4H3,(H,17,20). The molecule has 1 atom stereocenters. The summed E-state index contributed by atoms with van der Waals surface area (Å²) in [5.74, 6) is 0.505. The van der Waals surface area contributed by atoms with E-state index in [9.17, 15) is 9.59 Å². The number of nitrogens with one attached hydrogen (secondary N) is 1. The van der Waals surface area contributed by atoms with E-state index in [1.54, 1.807) is 4.90 Å². The minimum absolute atomic E-state index is 0.0157. The lowest BCUT2D eigenvalue weighted by Crippen LogP contribution is -2.49. The van der Waals surface area contributed by atoms with Crippen molar-refractivity contribution in [2.45, 2.75) is 45.7 Å². The molecule has 21 heavy (non-hydrogen) atoms. The van der Waals surface area contributed by atoms with Crippen LogP contribution in [0.15, 0.2) is 0 Å². The lowest BCUT2D eigenvalue weighted by Gasteiger charge is -2.29. The number of carbonyl (C=O) groups excluding carboxylic acids is 2. The van der Waals surface area contributed by atoms with Crippen LogP contribution in [0.3, 0.4) is 0 Å². The molecule has 3 N–H and O–H groups in total. The Bertz CT molecular complexity index is 356. The SMILES string of the molecule is CCN(CC(=O)NC(C)C)C(=O)CN(C)C(CN)C1CC1. The number of hydrogen-bond donors (Lipinski definition) is 2. The largest absolute Gasteiger partial charge is 0.352 e. The number of nitrogens with two attached hydrogens (primary N) is 1. The third kappa shape index (κ3) is 6.01. The number of amides is 2. The fraction of sp³-hybridized carbons (Fsp3) is 0.867. The molecule has 0 bridgehead atoms. The summed E-state index contributed by atoms with van der Waals surface area (Å²) in [6.07, 6.45) is 2.41. The quantitative estimate of drug-likeness (QED) is 0.629. The average molecular weight is 298 g/mol. The molecule has 6 heteroatoms. The molecule has 1 fully saturated rings. The van der Waals surface area contributed by atoms with Crippen LogP contribution >= 0.6 is 0 Å². The number of rotatable bonds is 9. The topological polar surface area (TPSA) is 78.7 Å². The molecule has 0 spiro atoms. The molecule has 1 unspecified atom stereocenters. The highest BCUT2D eigenvalue weighted by Gasteiger charge is 2.33. The molecule has 122 valence electrons. The number of carbonyl (C=O) groups is 2. The molecular formula is C15H30N4O2. The first kappa shape index (κ1) is 17.9.